The lowest BCUT2D eigenvalue weighted by atomic mass is 10.2. The average Bonchev–Trinajstić information content (AvgIpc) is 2.40. The first kappa shape index (κ1) is 12.7. The Morgan fingerprint density at radius 2 is 2.00 bits per heavy atom. The van der Waals surface area contributed by atoms with Crippen LogP contribution in [0.5, 0.6) is 0 Å². The zero-order chi connectivity index (χ0) is 13.7. The number of amides is 1. The van der Waals surface area contributed by atoms with Crippen LogP contribution in [0.3, 0.4) is 0 Å². The molecule has 2 heterocycles. The van der Waals surface area contributed by atoms with Crippen LogP contribution in [0.2, 0.25) is 0 Å². The van der Waals surface area contributed by atoms with E-state index in [1.54, 1.807) is 24.5 Å². The Hall–Kier alpha value is -2.76. The molecule has 0 atom stereocenters. The maximum absolute atomic E-state index is 11.8. The van der Waals surface area contributed by atoms with Gasteiger partial charge in [0.2, 0.25) is 5.91 Å². The molecule has 19 heavy (non-hydrogen) atoms. The van der Waals surface area contributed by atoms with E-state index in [2.05, 4.69) is 15.3 Å². The van der Waals surface area contributed by atoms with E-state index in [9.17, 15) is 9.59 Å². The number of carbonyl (C=O) groups excluding carboxylic acids is 1. The molecule has 0 aromatic carbocycles. The standard InChI is InChI=1S/C13H11N3O3/c17-11(7-9-3-1-5-14-8-9)16-12-10(13(18)19)4-2-6-15-12/h1-6,8H,7H2,(H,18,19)(H,15,16,17). The second-order valence-corrected chi connectivity index (χ2v) is 3.79. The first-order valence-corrected chi connectivity index (χ1v) is 5.54. The molecule has 2 aromatic rings. The van der Waals surface area contributed by atoms with Gasteiger partial charge in [0.05, 0.1) is 6.42 Å². The first-order valence-electron chi connectivity index (χ1n) is 5.54. The summed E-state index contributed by atoms with van der Waals surface area (Å²) in [6.45, 7) is 0. The van der Waals surface area contributed by atoms with Crippen molar-refractivity contribution in [2.75, 3.05) is 5.32 Å². The molecule has 0 spiro atoms. The Morgan fingerprint density at radius 1 is 1.21 bits per heavy atom. The molecule has 6 heteroatoms. The van der Waals surface area contributed by atoms with Gasteiger partial charge in [0.1, 0.15) is 11.4 Å². The summed E-state index contributed by atoms with van der Waals surface area (Å²) in [6, 6.07) is 6.38. The molecular formula is C13H11N3O3. The zero-order valence-corrected chi connectivity index (χ0v) is 9.91. The van der Waals surface area contributed by atoms with Gasteiger partial charge in [-0.1, -0.05) is 6.07 Å². The smallest absolute Gasteiger partial charge is 0.339 e. The number of aromatic nitrogens is 2. The molecule has 6 nitrogen and oxygen atoms in total. The number of hydrogen-bond donors (Lipinski definition) is 2. The predicted molar refractivity (Wildman–Crippen MR) is 67.8 cm³/mol. The van der Waals surface area contributed by atoms with Gasteiger partial charge in [0.15, 0.2) is 0 Å². The number of nitrogens with zero attached hydrogens (tertiary/aromatic N) is 2. The fourth-order valence-corrected chi connectivity index (χ4v) is 1.54. The number of rotatable bonds is 4. The predicted octanol–water partition coefficient (Wildman–Crippen LogP) is 1.36. The molecule has 96 valence electrons. The van der Waals surface area contributed by atoms with Crippen LogP contribution < -0.4 is 5.32 Å². The number of hydrogen-bond acceptors (Lipinski definition) is 4. The van der Waals surface area contributed by atoms with Gasteiger partial charge in [-0.2, -0.15) is 0 Å². The summed E-state index contributed by atoms with van der Waals surface area (Å²) < 4.78 is 0. The van der Waals surface area contributed by atoms with Crippen molar-refractivity contribution in [3.63, 3.8) is 0 Å². The summed E-state index contributed by atoms with van der Waals surface area (Å²) in [7, 11) is 0. The van der Waals surface area contributed by atoms with E-state index in [-0.39, 0.29) is 23.7 Å². The van der Waals surface area contributed by atoms with Gasteiger partial charge in [0.25, 0.3) is 0 Å². The van der Waals surface area contributed by atoms with Gasteiger partial charge in [-0.05, 0) is 23.8 Å². The molecular weight excluding hydrogens is 246 g/mol. The Bertz CT molecular complexity index is 599. The number of aromatic carboxylic acids is 1. The van der Waals surface area contributed by atoms with Crippen LogP contribution in [0, 0.1) is 0 Å². The van der Waals surface area contributed by atoms with E-state index >= 15 is 0 Å². The van der Waals surface area contributed by atoms with Crippen LogP contribution in [0.25, 0.3) is 0 Å². The number of carbonyl (C=O) groups is 2. The van der Waals surface area contributed by atoms with E-state index in [1.165, 1.54) is 18.3 Å². The minimum Gasteiger partial charge on any atom is -0.478 e. The van der Waals surface area contributed by atoms with Crippen LogP contribution in [-0.2, 0) is 11.2 Å². The number of anilines is 1. The van der Waals surface area contributed by atoms with Gasteiger partial charge in [-0.15, -0.1) is 0 Å². The normalized spacial score (nSPS) is 9.89. The molecule has 0 radical (unpaired) electrons. The van der Waals surface area contributed by atoms with Crippen molar-refractivity contribution in [3.05, 3.63) is 54.0 Å². The lowest BCUT2D eigenvalue weighted by molar-refractivity contribution is -0.115. The van der Waals surface area contributed by atoms with Gasteiger partial charge >= 0.3 is 5.97 Å². The second kappa shape index (κ2) is 5.72. The fourth-order valence-electron chi connectivity index (χ4n) is 1.54. The third kappa shape index (κ3) is 3.35. The molecule has 0 bridgehead atoms. The number of carboxylic acids is 1. The Morgan fingerprint density at radius 3 is 2.68 bits per heavy atom. The van der Waals surface area contributed by atoms with Gasteiger partial charge in [-0.25, -0.2) is 9.78 Å². The van der Waals surface area contributed by atoms with Crippen LogP contribution in [-0.4, -0.2) is 27.0 Å². The molecule has 0 aliphatic heterocycles. The van der Waals surface area contributed by atoms with Gasteiger partial charge in [0, 0.05) is 18.6 Å². The highest BCUT2D eigenvalue weighted by molar-refractivity contribution is 5.99. The SMILES string of the molecule is O=C(Cc1cccnc1)Nc1ncccc1C(=O)O. The molecule has 1 amide bonds. The average molecular weight is 257 g/mol. The highest BCUT2D eigenvalue weighted by Gasteiger charge is 2.13. The van der Waals surface area contributed by atoms with Crippen LogP contribution >= 0.6 is 0 Å². The van der Waals surface area contributed by atoms with Gasteiger partial charge < -0.3 is 10.4 Å². The number of nitrogens with one attached hydrogen (secondary N) is 1. The van der Waals surface area contributed by atoms with E-state index in [4.69, 9.17) is 5.11 Å². The van der Waals surface area contributed by atoms with Crippen molar-refractivity contribution in [1.82, 2.24) is 9.97 Å². The Labute approximate surface area is 109 Å². The summed E-state index contributed by atoms with van der Waals surface area (Å²) in [6.07, 6.45) is 4.73. The topological polar surface area (TPSA) is 92.2 Å². The van der Waals surface area contributed by atoms with E-state index in [1.807, 2.05) is 0 Å². The fraction of sp³-hybridized carbons (Fsp3) is 0.0769. The molecule has 0 saturated heterocycles. The molecule has 0 saturated carbocycles. The molecule has 2 N–H and O–H groups in total. The minimum atomic E-state index is -1.13. The summed E-state index contributed by atoms with van der Waals surface area (Å²) in [5.41, 5.74) is 0.704. The Kier molecular flexibility index (Phi) is 3.82. The lowest BCUT2D eigenvalue weighted by Crippen LogP contribution is -2.17. The summed E-state index contributed by atoms with van der Waals surface area (Å²) in [5, 5.41) is 11.4. The van der Waals surface area contributed by atoms with Crippen LogP contribution in [0.1, 0.15) is 15.9 Å². The summed E-state index contributed by atoms with van der Waals surface area (Å²) in [4.78, 5) is 30.5. The van der Waals surface area contributed by atoms with E-state index in [0.717, 1.165) is 5.56 Å². The van der Waals surface area contributed by atoms with Crippen molar-refractivity contribution in [3.8, 4) is 0 Å². The third-order valence-electron chi connectivity index (χ3n) is 2.38. The minimum absolute atomic E-state index is 0.0398. The van der Waals surface area contributed by atoms with Crippen molar-refractivity contribution >= 4 is 17.7 Å². The highest BCUT2D eigenvalue weighted by atomic mass is 16.4. The van der Waals surface area contributed by atoms with Crippen molar-refractivity contribution in [2.24, 2.45) is 0 Å². The summed E-state index contributed by atoms with van der Waals surface area (Å²) in [5.74, 6) is -1.43. The van der Waals surface area contributed by atoms with Crippen LogP contribution in [0.4, 0.5) is 5.82 Å². The Balaban J connectivity index is 2.09. The highest BCUT2D eigenvalue weighted by Crippen LogP contribution is 2.11. The molecule has 2 aromatic heterocycles. The molecule has 0 aliphatic carbocycles. The van der Waals surface area contributed by atoms with Gasteiger partial charge in [-0.3, -0.25) is 9.78 Å². The largest absolute Gasteiger partial charge is 0.478 e. The van der Waals surface area contributed by atoms with Crippen LogP contribution in [0.15, 0.2) is 42.9 Å². The third-order valence-corrected chi connectivity index (χ3v) is 2.38. The quantitative estimate of drug-likeness (QED) is 0.862. The lowest BCUT2D eigenvalue weighted by Gasteiger charge is -2.06. The van der Waals surface area contributed by atoms with Crippen molar-refractivity contribution in [1.29, 1.82) is 0 Å². The van der Waals surface area contributed by atoms with E-state index in [0.29, 0.717) is 0 Å². The molecule has 0 unspecified atom stereocenters. The molecule has 0 fully saturated rings. The molecule has 2 rings (SSSR count). The van der Waals surface area contributed by atoms with Crippen molar-refractivity contribution in [2.45, 2.75) is 6.42 Å². The maximum atomic E-state index is 11.8. The van der Waals surface area contributed by atoms with E-state index < -0.39 is 5.97 Å². The number of pyridine rings is 2. The number of carboxylic acid groups (broad SMARTS) is 1. The van der Waals surface area contributed by atoms with Crippen molar-refractivity contribution < 1.29 is 14.7 Å². The summed E-state index contributed by atoms with van der Waals surface area (Å²) >= 11 is 0. The zero-order valence-electron chi connectivity index (χ0n) is 9.91. The second-order valence-electron chi connectivity index (χ2n) is 3.79. The monoisotopic (exact) mass is 257 g/mol. The first-order chi connectivity index (χ1) is 9.16. The maximum Gasteiger partial charge on any atom is 0.339 e. The molecule has 0 aliphatic rings.